The summed E-state index contributed by atoms with van der Waals surface area (Å²) < 4.78 is 63.2. The molecule has 0 aliphatic rings. The summed E-state index contributed by atoms with van der Waals surface area (Å²) in [5.41, 5.74) is 0.238. The lowest BCUT2D eigenvalue weighted by molar-refractivity contribution is -0.114. The lowest BCUT2D eigenvalue weighted by atomic mass is 10.3. The van der Waals surface area contributed by atoms with Gasteiger partial charge in [-0.05, 0) is 42.5 Å². The molecule has 0 aliphatic carbocycles. The van der Waals surface area contributed by atoms with Crippen molar-refractivity contribution in [1.82, 2.24) is 9.03 Å². The first-order valence-corrected chi connectivity index (χ1v) is 12.0. The number of hydrogen-bond acceptors (Lipinski definition) is 7. The van der Waals surface area contributed by atoms with Crippen LogP contribution in [0.5, 0.6) is 11.5 Å². The van der Waals surface area contributed by atoms with Crippen LogP contribution in [0, 0.1) is 0 Å². The van der Waals surface area contributed by atoms with Gasteiger partial charge in [-0.25, -0.2) is 25.9 Å². The maximum absolute atomic E-state index is 12.5. The molecule has 12 heteroatoms. The minimum atomic E-state index is -3.86. The minimum absolute atomic E-state index is 0.0215. The molecule has 0 radical (unpaired) electrons. The molecule has 0 bridgehead atoms. The molecular formula is C19H25N3O7S2. The Morgan fingerprint density at radius 1 is 1.00 bits per heavy atom. The van der Waals surface area contributed by atoms with Gasteiger partial charge < -0.3 is 14.8 Å². The standard InChI is InChI=1S/C19H25N3O7S2/c1-14(23)21-18-13-17(9-10-19(18)28-4)30(24,25)20-11-12-29-15-5-7-16(8-6-15)31(26,27)22(2)3/h5-10,13,20H,11-12H2,1-4H3,(H,21,23). The van der Waals surface area contributed by atoms with Crippen LogP contribution in [-0.2, 0) is 24.8 Å². The average Bonchev–Trinajstić information content (AvgIpc) is 2.71. The number of amides is 1. The molecule has 2 aromatic rings. The number of ether oxygens (including phenoxy) is 2. The molecule has 0 spiro atoms. The summed E-state index contributed by atoms with van der Waals surface area (Å²) in [5, 5.41) is 2.52. The second-order valence-electron chi connectivity index (χ2n) is 6.55. The van der Waals surface area contributed by atoms with Crippen molar-refractivity contribution in [2.45, 2.75) is 16.7 Å². The third-order valence-electron chi connectivity index (χ3n) is 4.06. The van der Waals surface area contributed by atoms with Crippen LogP contribution in [0.25, 0.3) is 0 Å². The van der Waals surface area contributed by atoms with Crippen LogP contribution in [-0.4, -0.2) is 61.4 Å². The Labute approximate surface area is 182 Å². The fourth-order valence-electron chi connectivity index (χ4n) is 2.49. The van der Waals surface area contributed by atoms with Gasteiger partial charge >= 0.3 is 0 Å². The number of anilines is 1. The van der Waals surface area contributed by atoms with Crippen LogP contribution in [0.4, 0.5) is 5.69 Å². The van der Waals surface area contributed by atoms with Crippen molar-refractivity contribution in [1.29, 1.82) is 0 Å². The second-order valence-corrected chi connectivity index (χ2v) is 10.5. The van der Waals surface area contributed by atoms with E-state index in [0.29, 0.717) is 11.5 Å². The number of sulfonamides is 2. The lowest BCUT2D eigenvalue weighted by Gasteiger charge is -2.13. The molecule has 0 fully saturated rings. The van der Waals surface area contributed by atoms with Gasteiger partial charge in [-0.3, -0.25) is 4.79 Å². The summed E-state index contributed by atoms with van der Waals surface area (Å²) in [6, 6.07) is 9.91. The van der Waals surface area contributed by atoms with Gasteiger partial charge in [-0.15, -0.1) is 0 Å². The molecule has 10 nitrogen and oxygen atoms in total. The highest BCUT2D eigenvalue weighted by atomic mass is 32.2. The second kappa shape index (κ2) is 10.1. The van der Waals surface area contributed by atoms with Gasteiger partial charge in [0.2, 0.25) is 26.0 Å². The van der Waals surface area contributed by atoms with E-state index in [2.05, 4.69) is 10.0 Å². The fraction of sp³-hybridized carbons (Fsp3) is 0.316. The zero-order chi connectivity index (χ0) is 23.2. The van der Waals surface area contributed by atoms with Crippen LogP contribution >= 0.6 is 0 Å². The zero-order valence-electron chi connectivity index (χ0n) is 17.6. The molecule has 0 saturated heterocycles. The van der Waals surface area contributed by atoms with E-state index in [4.69, 9.17) is 9.47 Å². The summed E-state index contributed by atoms with van der Waals surface area (Å²) >= 11 is 0. The highest BCUT2D eigenvalue weighted by molar-refractivity contribution is 7.89. The van der Waals surface area contributed by atoms with Gasteiger partial charge in [0.05, 0.1) is 22.6 Å². The lowest BCUT2D eigenvalue weighted by Crippen LogP contribution is -2.28. The van der Waals surface area contributed by atoms with Crippen molar-refractivity contribution in [3.05, 3.63) is 42.5 Å². The quantitative estimate of drug-likeness (QED) is 0.499. The molecule has 0 aromatic heterocycles. The van der Waals surface area contributed by atoms with Crippen LogP contribution < -0.4 is 19.5 Å². The summed E-state index contributed by atoms with van der Waals surface area (Å²) in [6.45, 7) is 1.30. The largest absolute Gasteiger partial charge is 0.495 e. The van der Waals surface area contributed by atoms with Gasteiger partial charge in [-0.1, -0.05) is 0 Å². The number of nitrogens with one attached hydrogen (secondary N) is 2. The maximum Gasteiger partial charge on any atom is 0.242 e. The van der Waals surface area contributed by atoms with E-state index >= 15 is 0 Å². The first kappa shape index (κ1) is 24.6. The summed E-state index contributed by atoms with van der Waals surface area (Å²) in [5.74, 6) is 0.366. The highest BCUT2D eigenvalue weighted by Crippen LogP contribution is 2.27. The van der Waals surface area contributed by atoms with Gasteiger partial charge in [0, 0.05) is 27.6 Å². The minimum Gasteiger partial charge on any atom is -0.495 e. The number of rotatable bonds is 10. The van der Waals surface area contributed by atoms with E-state index in [0.717, 1.165) is 4.31 Å². The Balaban J connectivity index is 1.98. The third kappa shape index (κ3) is 6.40. The van der Waals surface area contributed by atoms with Crippen LogP contribution in [0.3, 0.4) is 0 Å². The summed E-state index contributed by atoms with van der Waals surface area (Å²) in [6.07, 6.45) is 0. The van der Waals surface area contributed by atoms with Gasteiger partial charge in [0.25, 0.3) is 0 Å². The highest BCUT2D eigenvalue weighted by Gasteiger charge is 2.18. The van der Waals surface area contributed by atoms with Crippen molar-refractivity contribution >= 4 is 31.6 Å². The average molecular weight is 472 g/mol. The number of carbonyl (C=O) groups excluding carboxylic acids is 1. The van der Waals surface area contributed by atoms with E-state index < -0.39 is 20.0 Å². The van der Waals surface area contributed by atoms with Crippen molar-refractivity contribution < 1.29 is 31.1 Å². The zero-order valence-corrected chi connectivity index (χ0v) is 19.2. The molecule has 31 heavy (non-hydrogen) atoms. The third-order valence-corrected chi connectivity index (χ3v) is 7.35. The van der Waals surface area contributed by atoms with Crippen molar-refractivity contribution in [3.63, 3.8) is 0 Å². The molecule has 2 rings (SSSR count). The molecule has 2 aromatic carbocycles. The number of methoxy groups -OCH3 is 1. The molecule has 1 amide bonds. The topological polar surface area (TPSA) is 131 Å². The SMILES string of the molecule is COc1ccc(S(=O)(=O)NCCOc2ccc(S(=O)(=O)N(C)C)cc2)cc1NC(C)=O. The molecule has 2 N–H and O–H groups in total. The molecule has 0 atom stereocenters. The first-order valence-electron chi connectivity index (χ1n) is 9.08. The van der Waals surface area contributed by atoms with Crippen molar-refractivity contribution in [2.75, 3.05) is 39.7 Å². The Hall–Kier alpha value is -2.67. The van der Waals surface area contributed by atoms with Crippen LogP contribution in [0.2, 0.25) is 0 Å². The Kier molecular flexibility index (Phi) is 8.01. The molecule has 0 aliphatic heterocycles. The maximum atomic E-state index is 12.5. The van der Waals surface area contributed by atoms with E-state index in [1.807, 2.05) is 0 Å². The van der Waals surface area contributed by atoms with Crippen molar-refractivity contribution in [3.8, 4) is 11.5 Å². The molecule has 0 saturated carbocycles. The van der Waals surface area contributed by atoms with Gasteiger partial charge in [0.1, 0.15) is 18.1 Å². The van der Waals surface area contributed by atoms with Crippen LogP contribution in [0.1, 0.15) is 6.92 Å². The predicted octanol–water partition coefficient (Wildman–Crippen LogP) is 1.26. The monoisotopic (exact) mass is 471 g/mol. The van der Waals surface area contributed by atoms with E-state index in [-0.39, 0.29) is 34.5 Å². The Bertz CT molecular complexity index is 1130. The number of benzene rings is 2. The summed E-state index contributed by atoms with van der Waals surface area (Å²) in [7, 11) is -3.10. The first-order chi connectivity index (χ1) is 14.5. The van der Waals surface area contributed by atoms with Crippen LogP contribution in [0.15, 0.2) is 52.3 Å². The molecule has 170 valence electrons. The normalized spacial score (nSPS) is 11.9. The van der Waals surface area contributed by atoms with E-state index in [9.17, 15) is 21.6 Å². The number of nitrogens with zero attached hydrogens (tertiary/aromatic N) is 1. The summed E-state index contributed by atoms with van der Waals surface area (Å²) in [4.78, 5) is 11.4. The molecule has 0 unspecified atom stereocenters. The Morgan fingerprint density at radius 3 is 2.16 bits per heavy atom. The molecule has 0 heterocycles. The Morgan fingerprint density at radius 2 is 1.61 bits per heavy atom. The fourth-order valence-corrected chi connectivity index (χ4v) is 4.43. The van der Waals surface area contributed by atoms with E-state index in [1.54, 1.807) is 0 Å². The van der Waals surface area contributed by atoms with Gasteiger partial charge in [-0.2, -0.15) is 0 Å². The smallest absolute Gasteiger partial charge is 0.242 e. The van der Waals surface area contributed by atoms with Gasteiger partial charge in [0.15, 0.2) is 0 Å². The van der Waals surface area contributed by atoms with Crippen molar-refractivity contribution in [2.24, 2.45) is 0 Å². The number of carbonyl (C=O) groups is 1. The number of hydrogen-bond donors (Lipinski definition) is 2. The predicted molar refractivity (Wildman–Crippen MR) is 115 cm³/mol. The van der Waals surface area contributed by atoms with E-state index in [1.165, 1.54) is 70.6 Å². The molecular weight excluding hydrogens is 446 g/mol.